The van der Waals surface area contributed by atoms with Gasteiger partial charge in [-0.25, -0.2) is 4.98 Å². The van der Waals surface area contributed by atoms with E-state index in [4.69, 9.17) is 4.98 Å². The highest BCUT2D eigenvalue weighted by molar-refractivity contribution is 7.15. The lowest BCUT2D eigenvalue weighted by Gasteiger charge is -2.06. The number of hydrogen-bond donors (Lipinski definition) is 1. The highest BCUT2D eigenvalue weighted by atomic mass is 32.1. The molecule has 0 aliphatic carbocycles. The predicted molar refractivity (Wildman–Crippen MR) is 74.9 cm³/mol. The summed E-state index contributed by atoms with van der Waals surface area (Å²) in [5.41, 5.74) is 1.19. The lowest BCUT2D eigenvalue weighted by Crippen LogP contribution is -2.23. The van der Waals surface area contributed by atoms with Crippen molar-refractivity contribution in [1.29, 1.82) is 0 Å². The van der Waals surface area contributed by atoms with Crippen molar-refractivity contribution in [2.24, 2.45) is 0 Å². The Balaban J connectivity index is 1.80. The molecule has 1 N–H and O–H groups in total. The van der Waals surface area contributed by atoms with Gasteiger partial charge in [0.1, 0.15) is 0 Å². The Bertz CT molecular complexity index is 481. The van der Waals surface area contributed by atoms with E-state index in [1.54, 1.807) is 11.3 Å². The van der Waals surface area contributed by atoms with Gasteiger partial charge >= 0.3 is 0 Å². The SMILES string of the molecule is Cc1sc(CC2CCCN2)nc1-c1cccs1. The summed E-state index contributed by atoms with van der Waals surface area (Å²) >= 11 is 3.63. The molecule has 2 aromatic heterocycles. The van der Waals surface area contributed by atoms with Crippen molar-refractivity contribution in [2.75, 3.05) is 6.54 Å². The Labute approximate surface area is 110 Å². The molecule has 1 fully saturated rings. The molecule has 1 atom stereocenters. The predicted octanol–water partition coefficient (Wildman–Crippen LogP) is 3.47. The first-order valence-electron chi connectivity index (χ1n) is 6.06. The van der Waals surface area contributed by atoms with E-state index in [-0.39, 0.29) is 0 Å². The van der Waals surface area contributed by atoms with Gasteiger partial charge < -0.3 is 5.32 Å². The summed E-state index contributed by atoms with van der Waals surface area (Å²) in [5.74, 6) is 0. The zero-order valence-electron chi connectivity index (χ0n) is 9.90. The summed E-state index contributed by atoms with van der Waals surface area (Å²) < 4.78 is 0. The van der Waals surface area contributed by atoms with Crippen molar-refractivity contribution in [3.05, 3.63) is 27.4 Å². The van der Waals surface area contributed by atoms with Crippen molar-refractivity contribution < 1.29 is 0 Å². The van der Waals surface area contributed by atoms with Crippen LogP contribution in [0.25, 0.3) is 10.6 Å². The third kappa shape index (κ3) is 2.44. The minimum absolute atomic E-state index is 0.650. The van der Waals surface area contributed by atoms with Gasteiger partial charge in [-0.05, 0) is 37.8 Å². The maximum Gasteiger partial charge on any atom is 0.0951 e. The van der Waals surface area contributed by atoms with Crippen LogP contribution in [-0.4, -0.2) is 17.6 Å². The van der Waals surface area contributed by atoms with E-state index >= 15 is 0 Å². The molecule has 0 bridgehead atoms. The first kappa shape index (κ1) is 11.4. The van der Waals surface area contributed by atoms with Crippen LogP contribution in [0.2, 0.25) is 0 Å². The summed E-state index contributed by atoms with van der Waals surface area (Å²) in [5, 5.41) is 6.94. The van der Waals surface area contributed by atoms with Gasteiger partial charge in [0.2, 0.25) is 0 Å². The zero-order chi connectivity index (χ0) is 11.7. The van der Waals surface area contributed by atoms with Crippen LogP contribution in [0.5, 0.6) is 0 Å². The third-order valence-electron chi connectivity index (χ3n) is 3.18. The van der Waals surface area contributed by atoms with Crippen molar-refractivity contribution in [2.45, 2.75) is 32.2 Å². The minimum atomic E-state index is 0.650. The Morgan fingerprint density at radius 2 is 2.47 bits per heavy atom. The van der Waals surface area contributed by atoms with Crippen LogP contribution in [0, 0.1) is 6.92 Å². The zero-order valence-corrected chi connectivity index (χ0v) is 11.5. The largest absolute Gasteiger partial charge is 0.314 e. The van der Waals surface area contributed by atoms with Gasteiger partial charge in [0, 0.05) is 17.3 Å². The molecule has 0 saturated carbocycles. The maximum absolute atomic E-state index is 4.80. The molecule has 1 unspecified atom stereocenters. The standard InChI is InChI=1S/C13H16N2S2/c1-9-13(11-5-3-7-16-11)15-12(17-9)8-10-4-2-6-14-10/h3,5,7,10,14H,2,4,6,8H2,1H3. The van der Waals surface area contributed by atoms with Gasteiger partial charge in [-0.15, -0.1) is 22.7 Å². The molecule has 1 aliphatic heterocycles. The van der Waals surface area contributed by atoms with Crippen LogP contribution >= 0.6 is 22.7 Å². The van der Waals surface area contributed by atoms with Crippen molar-refractivity contribution in [1.82, 2.24) is 10.3 Å². The summed E-state index contributed by atoms with van der Waals surface area (Å²) in [6, 6.07) is 4.90. The van der Waals surface area contributed by atoms with Crippen LogP contribution < -0.4 is 5.32 Å². The molecular formula is C13H16N2S2. The summed E-state index contributed by atoms with van der Waals surface area (Å²) in [7, 11) is 0. The second kappa shape index (κ2) is 4.88. The number of rotatable bonds is 3. The van der Waals surface area contributed by atoms with Crippen LogP contribution in [0.15, 0.2) is 17.5 Å². The molecule has 0 radical (unpaired) electrons. The number of aryl methyl sites for hydroxylation is 1. The Morgan fingerprint density at radius 1 is 1.53 bits per heavy atom. The van der Waals surface area contributed by atoms with Crippen molar-refractivity contribution >= 4 is 22.7 Å². The summed E-state index contributed by atoms with van der Waals surface area (Å²) in [6.07, 6.45) is 3.71. The van der Waals surface area contributed by atoms with E-state index < -0.39 is 0 Å². The van der Waals surface area contributed by atoms with E-state index in [2.05, 4.69) is 29.8 Å². The van der Waals surface area contributed by atoms with Gasteiger partial charge in [-0.2, -0.15) is 0 Å². The number of nitrogens with one attached hydrogen (secondary N) is 1. The van der Waals surface area contributed by atoms with E-state index in [1.807, 2.05) is 11.3 Å². The fourth-order valence-corrected chi connectivity index (χ4v) is 4.19. The van der Waals surface area contributed by atoms with Crippen LogP contribution in [-0.2, 0) is 6.42 Å². The molecule has 4 heteroatoms. The van der Waals surface area contributed by atoms with Crippen LogP contribution in [0.1, 0.15) is 22.7 Å². The molecule has 0 aromatic carbocycles. The quantitative estimate of drug-likeness (QED) is 0.918. The van der Waals surface area contributed by atoms with E-state index in [0.717, 1.165) is 6.42 Å². The molecule has 17 heavy (non-hydrogen) atoms. The second-order valence-corrected chi connectivity index (χ2v) is 6.72. The fraction of sp³-hybridized carbons (Fsp3) is 0.462. The van der Waals surface area contributed by atoms with E-state index in [1.165, 1.54) is 39.8 Å². The number of thiophene rings is 1. The molecule has 2 aromatic rings. The molecule has 90 valence electrons. The molecule has 1 aliphatic rings. The number of thiazole rings is 1. The molecule has 2 nitrogen and oxygen atoms in total. The van der Waals surface area contributed by atoms with Gasteiger partial charge in [0.25, 0.3) is 0 Å². The Kier molecular flexibility index (Phi) is 3.27. The van der Waals surface area contributed by atoms with Crippen molar-refractivity contribution in [3.8, 4) is 10.6 Å². The van der Waals surface area contributed by atoms with Crippen LogP contribution in [0.4, 0.5) is 0 Å². The average molecular weight is 264 g/mol. The Hall–Kier alpha value is -0.710. The third-order valence-corrected chi connectivity index (χ3v) is 5.05. The Morgan fingerprint density at radius 3 is 3.18 bits per heavy atom. The number of hydrogen-bond acceptors (Lipinski definition) is 4. The van der Waals surface area contributed by atoms with E-state index in [9.17, 15) is 0 Å². The molecule has 0 amide bonds. The highest BCUT2D eigenvalue weighted by Gasteiger charge is 2.18. The lowest BCUT2D eigenvalue weighted by molar-refractivity contribution is 0.601. The smallest absolute Gasteiger partial charge is 0.0951 e. The maximum atomic E-state index is 4.80. The first-order valence-corrected chi connectivity index (χ1v) is 7.76. The van der Waals surface area contributed by atoms with Gasteiger partial charge in [-0.3, -0.25) is 0 Å². The average Bonchev–Trinajstić information content (AvgIpc) is 3.00. The highest BCUT2D eigenvalue weighted by Crippen LogP contribution is 2.31. The number of nitrogens with zero attached hydrogens (tertiary/aromatic N) is 1. The first-order chi connectivity index (χ1) is 8.33. The molecule has 3 rings (SSSR count). The summed E-state index contributed by atoms with van der Waals surface area (Å²) in [4.78, 5) is 7.45. The normalized spacial score (nSPS) is 19.9. The number of aromatic nitrogens is 1. The van der Waals surface area contributed by atoms with Crippen LogP contribution in [0.3, 0.4) is 0 Å². The monoisotopic (exact) mass is 264 g/mol. The minimum Gasteiger partial charge on any atom is -0.314 e. The second-order valence-electron chi connectivity index (χ2n) is 4.49. The molecule has 0 spiro atoms. The van der Waals surface area contributed by atoms with Gasteiger partial charge in [-0.1, -0.05) is 6.07 Å². The summed E-state index contributed by atoms with van der Waals surface area (Å²) in [6.45, 7) is 3.35. The topological polar surface area (TPSA) is 24.9 Å². The van der Waals surface area contributed by atoms with Crippen molar-refractivity contribution in [3.63, 3.8) is 0 Å². The van der Waals surface area contributed by atoms with Gasteiger partial charge in [0.05, 0.1) is 15.6 Å². The molecule has 3 heterocycles. The molecule has 1 saturated heterocycles. The lowest BCUT2D eigenvalue weighted by atomic mass is 10.2. The fourth-order valence-electron chi connectivity index (χ4n) is 2.32. The van der Waals surface area contributed by atoms with Gasteiger partial charge in [0.15, 0.2) is 0 Å². The van der Waals surface area contributed by atoms with E-state index in [0.29, 0.717) is 6.04 Å². The molecular weight excluding hydrogens is 248 g/mol.